The van der Waals surface area contributed by atoms with E-state index in [1.807, 2.05) is 0 Å². The first kappa shape index (κ1) is 16.4. The molecule has 0 aliphatic carbocycles. The van der Waals surface area contributed by atoms with Crippen LogP contribution in [0.1, 0.15) is 48.5 Å². The summed E-state index contributed by atoms with van der Waals surface area (Å²) < 4.78 is 10.1. The summed E-state index contributed by atoms with van der Waals surface area (Å²) in [6.07, 6.45) is -1.83. The van der Waals surface area contributed by atoms with Crippen molar-refractivity contribution in [1.29, 1.82) is 5.41 Å². The lowest BCUT2D eigenvalue weighted by molar-refractivity contribution is 0.0145. The van der Waals surface area contributed by atoms with Crippen molar-refractivity contribution >= 4 is 18.0 Å². The van der Waals surface area contributed by atoms with E-state index in [2.05, 4.69) is 0 Å². The Balaban J connectivity index is 4.93. The maximum Gasteiger partial charge on any atom is 0.425 e. The largest absolute Gasteiger partial charge is 0.443 e. The molecule has 0 rings (SSSR count). The molecular formula is C12H22N2O4. The fraction of sp³-hybridized carbons (Fsp3) is 0.750. The van der Waals surface area contributed by atoms with E-state index in [-0.39, 0.29) is 5.84 Å². The van der Waals surface area contributed by atoms with Crippen molar-refractivity contribution < 1.29 is 19.1 Å². The van der Waals surface area contributed by atoms with Gasteiger partial charge in [-0.15, -0.1) is 0 Å². The highest BCUT2D eigenvalue weighted by molar-refractivity contribution is 6.06. The van der Waals surface area contributed by atoms with Gasteiger partial charge in [-0.05, 0) is 48.5 Å². The number of nitrogens with zero attached hydrogens (tertiary/aromatic N) is 1. The Hall–Kier alpha value is -1.59. The van der Waals surface area contributed by atoms with Crippen LogP contribution in [0.15, 0.2) is 0 Å². The Kier molecular flexibility index (Phi) is 4.90. The summed E-state index contributed by atoms with van der Waals surface area (Å²) in [5.41, 5.74) is -1.49. The molecule has 0 atom stereocenters. The minimum Gasteiger partial charge on any atom is -0.443 e. The van der Waals surface area contributed by atoms with Crippen LogP contribution in [-0.2, 0) is 9.47 Å². The molecule has 1 N–H and O–H groups in total. The third-order valence-electron chi connectivity index (χ3n) is 1.49. The first-order valence-electron chi connectivity index (χ1n) is 5.65. The fourth-order valence-corrected chi connectivity index (χ4v) is 0.964. The van der Waals surface area contributed by atoms with Gasteiger partial charge in [0.25, 0.3) is 0 Å². The number of amides is 2. The van der Waals surface area contributed by atoms with Gasteiger partial charge in [-0.2, -0.15) is 4.90 Å². The van der Waals surface area contributed by atoms with E-state index < -0.39 is 23.4 Å². The van der Waals surface area contributed by atoms with E-state index in [4.69, 9.17) is 14.9 Å². The molecule has 2 amide bonds. The quantitative estimate of drug-likeness (QED) is 0.534. The molecule has 0 aliphatic heterocycles. The number of hydrogen-bond acceptors (Lipinski definition) is 5. The fourth-order valence-electron chi connectivity index (χ4n) is 0.964. The second kappa shape index (κ2) is 5.37. The number of hydrogen-bond donors (Lipinski definition) is 1. The first-order chi connectivity index (χ1) is 7.83. The van der Waals surface area contributed by atoms with Gasteiger partial charge in [-0.25, -0.2) is 9.59 Å². The van der Waals surface area contributed by atoms with Gasteiger partial charge in [0.1, 0.15) is 17.0 Å². The Bertz CT molecular complexity index is 322. The lowest BCUT2D eigenvalue weighted by Crippen LogP contribution is -2.45. The monoisotopic (exact) mass is 258 g/mol. The third kappa shape index (κ3) is 6.22. The molecule has 18 heavy (non-hydrogen) atoms. The number of imide groups is 1. The van der Waals surface area contributed by atoms with E-state index in [0.29, 0.717) is 4.90 Å². The molecule has 0 aromatic heterocycles. The number of carbonyl (C=O) groups is 2. The Morgan fingerprint density at radius 2 is 1.17 bits per heavy atom. The molecule has 104 valence electrons. The van der Waals surface area contributed by atoms with Crippen LogP contribution < -0.4 is 0 Å². The van der Waals surface area contributed by atoms with Gasteiger partial charge in [0, 0.05) is 0 Å². The molecular weight excluding hydrogens is 236 g/mol. The number of carbonyl (C=O) groups excluding carboxylic acids is 2. The van der Waals surface area contributed by atoms with Crippen LogP contribution in [0.4, 0.5) is 9.59 Å². The molecule has 0 bridgehead atoms. The van der Waals surface area contributed by atoms with Gasteiger partial charge in [0.05, 0.1) is 0 Å². The SMILES string of the molecule is CC(=N)N(C(=O)OC(C)(C)C)C(=O)OC(C)(C)C. The minimum absolute atomic E-state index is 0.251. The molecule has 0 radical (unpaired) electrons. The average molecular weight is 258 g/mol. The van der Waals surface area contributed by atoms with E-state index in [1.54, 1.807) is 41.5 Å². The van der Waals surface area contributed by atoms with E-state index in [0.717, 1.165) is 0 Å². The van der Waals surface area contributed by atoms with E-state index in [1.165, 1.54) is 6.92 Å². The summed E-state index contributed by atoms with van der Waals surface area (Å²) in [5.74, 6) is -0.251. The topological polar surface area (TPSA) is 79.7 Å². The smallest absolute Gasteiger partial charge is 0.425 e. The summed E-state index contributed by atoms with van der Waals surface area (Å²) >= 11 is 0. The maximum absolute atomic E-state index is 11.8. The van der Waals surface area contributed by atoms with Gasteiger partial charge in [-0.3, -0.25) is 5.41 Å². The Morgan fingerprint density at radius 3 is 1.33 bits per heavy atom. The summed E-state index contributed by atoms with van der Waals surface area (Å²) in [6, 6.07) is 0. The van der Waals surface area contributed by atoms with Crippen molar-refractivity contribution in [3.8, 4) is 0 Å². The van der Waals surface area contributed by atoms with E-state index in [9.17, 15) is 9.59 Å². The average Bonchev–Trinajstić information content (AvgIpc) is 1.93. The van der Waals surface area contributed by atoms with Crippen molar-refractivity contribution in [1.82, 2.24) is 4.90 Å². The van der Waals surface area contributed by atoms with Crippen LogP contribution in [-0.4, -0.2) is 34.1 Å². The number of rotatable bonds is 0. The zero-order valence-corrected chi connectivity index (χ0v) is 12.1. The van der Waals surface area contributed by atoms with Crippen LogP contribution in [0.2, 0.25) is 0 Å². The van der Waals surface area contributed by atoms with Crippen molar-refractivity contribution in [2.45, 2.75) is 59.7 Å². The third-order valence-corrected chi connectivity index (χ3v) is 1.49. The predicted octanol–water partition coefficient (Wildman–Crippen LogP) is 3.16. The lowest BCUT2D eigenvalue weighted by Gasteiger charge is -2.27. The highest BCUT2D eigenvalue weighted by atomic mass is 16.6. The standard InChI is InChI=1S/C12H22N2O4/c1-8(13)14(9(15)17-11(2,3)4)10(16)18-12(5,6)7/h13H,1-7H3. The second-order valence-corrected chi connectivity index (χ2v) is 5.88. The molecule has 0 heterocycles. The normalized spacial score (nSPS) is 11.7. The molecule has 0 spiro atoms. The number of amidine groups is 1. The summed E-state index contributed by atoms with van der Waals surface area (Å²) in [4.78, 5) is 24.1. The molecule has 0 unspecified atom stereocenters. The summed E-state index contributed by atoms with van der Waals surface area (Å²) in [7, 11) is 0. The molecule has 6 nitrogen and oxygen atoms in total. The van der Waals surface area contributed by atoms with Crippen LogP contribution in [0.3, 0.4) is 0 Å². The van der Waals surface area contributed by atoms with Crippen molar-refractivity contribution in [2.75, 3.05) is 0 Å². The van der Waals surface area contributed by atoms with Crippen LogP contribution >= 0.6 is 0 Å². The van der Waals surface area contributed by atoms with Crippen LogP contribution in [0.25, 0.3) is 0 Å². The van der Waals surface area contributed by atoms with Crippen LogP contribution in [0.5, 0.6) is 0 Å². The van der Waals surface area contributed by atoms with Crippen molar-refractivity contribution in [3.05, 3.63) is 0 Å². The molecule has 0 saturated heterocycles. The van der Waals surface area contributed by atoms with Gasteiger partial charge in [0.15, 0.2) is 0 Å². The Morgan fingerprint density at radius 1 is 0.889 bits per heavy atom. The van der Waals surface area contributed by atoms with Gasteiger partial charge in [-0.1, -0.05) is 0 Å². The van der Waals surface area contributed by atoms with Gasteiger partial charge < -0.3 is 9.47 Å². The Labute approximate surface area is 108 Å². The summed E-state index contributed by atoms with van der Waals surface area (Å²) in [6.45, 7) is 11.4. The van der Waals surface area contributed by atoms with Crippen molar-refractivity contribution in [2.24, 2.45) is 0 Å². The number of ether oxygens (including phenoxy) is 2. The minimum atomic E-state index is -0.913. The molecule has 0 saturated carbocycles. The van der Waals surface area contributed by atoms with Crippen LogP contribution in [0, 0.1) is 5.41 Å². The molecule has 6 heteroatoms. The number of nitrogens with one attached hydrogen (secondary N) is 1. The highest BCUT2D eigenvalue weighted by Gasteiger charge is 2.32. The van der Waals surface area contributed by atoms with Gasteiger partial charge >= 0.3 is 12.2 Å². The zero-order chi connectivity index (χ0) is 14.7. The zero-order valence-electron chi connectivity index (χ0n) is 12.1. The predicted molar refractivity (Wildman–Crippen MR) is 67.7 cm³/mol. The summed E-state index contributed by atoms with van der Waals surface area (Å²) in [5, 5.41) is 7.45. The molecule has 0 aliphatic rings. The molecule has 0 fully saturated rings. The lowest BCUT2D eigenvalue weighted by atomic mass is 10.2. The molecule has 0 aromatic rings. The van der Waals surface area contributed by atoms with E-state index >= 15 is 0 Å². The first-order valence-corrected chi connectivity index (χ1v) is 5.65. The molecule has 0 aromatic carbocycles. The van der Waals surface area contributed by atoms with Gasteiger partial charge in [0.2, 0.25) is 0 Å². The highest BCUT2D eigenvalue weighted by Crippen LogP contribution is 2.14. The second-order valence-electron chi connectivity index (χ2n) is 5.88. The van der Waals surface area contributed by atoms with Crippen molar-refractivity contribution in [3.63, 3.8) is 0 Å². The maximum atomic E-state index is 11.8.